The van der Waals surface area contributed by atoms with Gasteiger partial charge in [-0.3, -0.25) is 43.2 Å². The van der Waals surface area contributed by atoms with E-state index in [-0.39, 0.29) is 125 Å². The number of hydrogen-bond acceptors (Lipinski definition) is 12. The van der Waals surface area contributed by atoms with E-state index in [2.05, 4.69) is 66.3 Å². The molecule has 7 amide bonds. The topological polar surface area (TPSA) is 311 Å². The van der Waals surface area contributed by atoms with E-state index in [1.54, 1.807) is 108 Å². The molecule has 0 spiro atoms. The number of nitrogens with zero attached hydrogens (tertiary/aromatic N) is 9. The second-order valence-electron chi connectivity index (χ2n) is 21.7. The summed E-state index contributed by atoms with van der Waals surface area (Å²) in [5.74, 6) is -1.19. The summed E-state index contributed by atoms with van der Waals surface area (Å²) in [4.78, 5) is 127. The zero-order valence-electron chi connectivity index (χ0n) is 49.0. The van der Waals surface area contributed by atoms with Crippen LogP contribution >= 0.6 is 0 Å². The monoisotopic (exact) mass is 1200 g/mol. The number of anilines is 3. The van der Waals surface area contributed by atoms with E-state index < -0.39 is 17.7 Å². The summed E-state index contributed by atoms with van der Waals surface area (Å²) in [6.07, 6.45) is 20.4. The minimum atomic E-state index is -0.459. The van der Waals surface area contributed by atoms with Gasteiger partial charge in [0.25, 0.3) is 23.6 Å². The van der Waals surface area contributed by atoms with Gasteiger partial charge in [0.05, 0.1) is 49.8 Å². The van der Waals surface area contributed by atoms with Crippen LogP contribution in [0.3, 0.4) is 0 Å². The van der Waals surface area contributed by atoms with Crippen LogP contribution in [0.25, 0.3) is 0 Å². The normalized spacial score (nSPS) is 13.2. The van der Waals surface area contributed by atoms with Crippen molar-refractivity contribution in [3.05, 3.63) is 107 Å². The van der Waals surface area contributed by atoms with Crippen molar-refractivity contribution in [3.63, 3.8) is 0 Å². The molecule has 0 atom stereocenters. The van der Waals surface area contributed by atoms with E-state index >= 15 is 0 Å². The molecule has 0 radical (unpaired) electrons. The third-order valence-corrected chi connectivity index (χ3v) is 14.5. The van der Waals surface area contributed by atoms with E-state index in [9.17, 15) is 43.2 Å². The molecule has 0 bridgehead atoms. The van der Waals surface area contributed by atoms with E-state index in [1.165, 1.54) is 27.9 Å². The average molecular weight is 1200 g/mol. The minimum Gasteiger partial charge on any atom is -0.355 e. The van der Waals surface area contributed by atoms with Crippen molar-refractivity contribution >= 4 is 70.1 Å². The number of aryl methyl sites for hydroxylation is 6. The third-order valence-electron chi connectivity index (χ3n) is 14.5. The summed E-state index contributed by atoms with van der Waals surface area (Å²) in [6.45, 7) is 2.40. The number of hydrogen-bond donors (Lipinski definition) is 8. The molecule has 8 rings (SSSR count). The van der Waals surface area contributed by atoms with Crippen molar-refractivity contribution in [1.29, 1.82) is 0 Å². The summed E-state index contributed by atoms with van der Waals surface area (Å²) < 4.78 is 9.62. The molecular formula is C57H78FeN17O9+. The van der Waals surface area contributed by atoms with E-state index in [0.29, 0.717) is 47.1 Å². The van der Waals surface area contributed by atoms with Gasteiger partial charge in [0.1, 0.15) is 11.4 Å². The van der Waals surface area contributed by atoms with Crippen molar-refractivity contribution in [1.82, 2.24) is 63.6 Å². The Hall–Kier alpha value is -8.42. The van der Waals surface area contributed by atoms with Gasteiger partial charge in [-0.1, -0.05) is 25.7 Å². The van der Waals surface area contributed by atoms with Crippen LogP contribution in [0.15, 0.2) is 61.6 Å². The predicted molar refractivity (Wildman–Crippen MR) is 308 cm³/mol. The number of quaternary nitrogens is 1. The number of carbonyl (C=O) groups is 9. The van der Waals surface area contributed by atoms with Gasteiger partial charge in [-0.25, -0.2) is 15.0 Å². The summed E-state index contributed by atoms with van der Waals surface area (Å²) in [5.41, 5.74) is 3.22. The molecule has 0 aromatic carbocycles. The number of imidazole rings is 3. The van der Waals surface area contributed by atoms with Crippen LogP contribution in [0.2, 0.25) is 0 Å². The van der Waals surface area contributed by atoms with E-state index in [1.807, 2.05) is 0 Å². The molecule has 27 heteroatoms. The van der Waals surface area contributed by atoms with Crippen molar-refractivity contribution < 1.29 is 65.1 Å². The van der Waals surface area contributed by atoms with Gasteiger partial charge in [-0.05, 0) is 49.4 Å². The molecule has 2 aliphatic rings. The van der Waals surface area contributed by atoms with Crippen LogP contribution in [-0.4, -0.2) is 142 Å². The van der Waals surface area contributed by atoms with Gasteiger partial charge in [0, 0.05) is 160 Å². The Morgan fingerprint density at radius 3 is 1.74 bits per heavy atom. The predicted octanol–water partition coefficient (Wildman–Crippen LogP) is 1.88. The molecule has 2 aliphatic carbocycles. The van der Waals surface area contributed by atoms with Gasteiger partial charge in [0.15, 0.2) is 23.2 Å². The number of carbonyl (C=O) groups excluding carboxylic acids is 9. The molecule has 0 aliphatic heterocycles. The van der Waals surface area contributed by atoms with E-state index in [0.717, 1.165) is 64.3 Å². The van der Waals surface area contributed by atoms with E-state index in [4.69, 9.17) is 0 Å². The number of ketones is 2. The first-order valence-corrected chi connectivity index (χ1v) is 28.0. The van der Waals surface area contributed by atoms with Crippen LogP contribution in [0, 0.1) is 11.8 Å². The standard InChI is InChI=1S/C33H46N8O5.C24H31N9O4.Fe/c1-38(2)14-8-12-34-33(46)27-15-22(19-39(27)3)16-29(43)31-37-25(21-41(31)5)18-28(42)26-17-24(20-40(26)4)36-30(44)11-13-35-32(45)23-9-6-7-10-23;1-31-11-10-25-19(31)24(37)28-16-12-17(32(2)13-16)22(35)30-18-14-33(3)20(29-18)23(36)27-9-8-26-21(34)15-6-4-5-7-15;/h15,17,19-21,23H,6-14,16,18H2,1-5H3,(H,34,46)(H,35,45)(H,36,44);10-15H,4-9H2,1-3H3,(H,26,34)(H,27,36)(H,28,37)(H,30,35);/p+1. The molecule has 452 valence electrons. The second-order valence-corrected chi connectivity index (χ2v) is 21.7. The van der Waals surface area contributed by atoms with Gasteiger partial charge in [-0.15, -0.1) is 0 Å². The zero-order chi connectivity index (χ0) is 59.9. The maximum Gasteiger partial charge on any atom is 0.291 e. The molecule has 6 aromatic rings. The molecule has 0 unspecified atom stereocenters. The van der Waals surface area contributed by atoms with Crippen LogP contribution in [-0.2, 0) is 86.6 Å². The Labute approximate surface area is 498 Å². The van der Waals surface area contributed by atoms with Gasteiger partial charge < -0.3 is 69.5 Å². The Morgan fingerprint density at radius 1 is 0.524 bits per heavy atom. The second kappa shape index (κ2) is 30.2. The molecule has 84 heavy (non-hydrogen) atoms. The largest absolute Gasteiger partial charge is 0.355 e. The molecule has 6 aromatic heterocycles. The first kappa shape index (κ1) is 64.7. The molecule has 26 nitrogen and oxygen atoms in total. The quantitative estimate of drug-likeness (QED) is 0.0232. The first-order chi connectivity index (χ1) is 39.6. The van der Waals surface area contributed by atoms with Crippen LogP contribution in [0.1, 0.15) is 139 Å². The smallest absolute Gasteiger partial charge is 0.291 e. The third kappa shape index (κ3) is 17.8. The molecule has 2 saturated carbocycles. The number of amides is 7. The Balaban J connectivity index is 0.000000272. The summed E-state index contributed by atoms with van der Waals surface area (Å²) in [5, 5.41) is 19.5. The van der Waals surface area contributed by atoms with Crippen molar-refractivity contribution in [3.8, 4) is 0 Å². The van der Waals surface area contributed by atoms with Crippen molar-refractivity contribution in [2.24, 2.45) is 54.1 Å². The zero-order valence-corrected chi connectivity index (χ0v) is 50.1. The van der Waals surface area contributed by atoms with Gasteiger partial charge >= 0.3 is 0 Å². The number of aromatic nitrogens is 9. The maximum atomic E-state index is 13.2. The summed E-state index contributed by atoms with van der Waals surface area (Å²) in [6, 6.07) is 4.86. The fourth-order valence-electron chi connectivity index (χ4n) is 10.2. The van der Waals surface area contributed by atoms with Crippen molar-refractivity contribution in [2.45, 2.75) is 77.0 Å². The fraction of sp³-hybridized carbons (Fsp3) is 0.474. The SMILES string of the molecule is Cn1cc(NC(=O)CCNC(=O)C2CCCC2)cc1C(=O)Cc1cn(C)c(C(=O)Cc2cc(C(=O)NCCC[NH+](C)C)n(C)c2)n1.Cn1cc(NC(=O)c2nccn2C)cc1C(=O)Nc1cn(C)c(C(=O)NCCNC(=O)C2CCCC2)n1.[Fe]. The minimum absolute atomic E-state index is 0. The molecule has 2 fully saturated rings. The Morgan fingerprint density at radius 2 is 1.10 bits per heavy atom. The fourth-order valence-corrected chi connectivity index (χ4v) is 10.2. The van der Waals surface area contributed by atoms with Crippen LogP contribution in [0.5, 0.6) is 0 Å². The van der Waals surface area contributed by atoms with Gasteiger partial charge in [0.2, 0.25) is 29.3 Å². The van der Waals surface area contributed by atoms with Crippen LogP contribution < -0.4 is 42.1 Å². The van der Waals surface area contributed by atoms with Gasteiger partial charge in [-0.2, -0.15) is 0 Å². The average Bonchev–Trinajstić information content (AvgIpc) is 4.47. The molecule has 0 saturated heterocycles. The van der Waals surface area contributed by atoms with Crippen molar-refractivity contribution in [2.75, 3.05) is 62.8 Å². The maximum absolute atomic E-state index is 13.2. The number of rotatable bonds is 25. The Kier molecular flexibility index (Phi) is 23.3. The Bertz CT molecular complexity index is 3330. The first-order valence-electron chi connectivity index (χ1n) is 28.0. The molecule has 6 heterocycles. The molecule has 8 N–H and O–H groups in total. The summed E-state index contributed by atoms with van der Waals surface area (Å²) in [7, 11) is 14.4. The van der Waals surface area contributed by atoms with Crippen LogP contribution in [0.4, 0.5) is 17.2 Å². The molecular weight excluding hydrogens is 1120 g/mol. The number of nitrogens with one attached hydrogen (secondary N) is 8. The summed E-state index contributed by atoms with van der Waals surface area (Å²) >= 11 is 0. The number of Topliss-reactive ketones (excluding diaryl/α,β-unsaturated/α-hetero) is 2.